The van der Waals surface area contributed by atoms with E-state index in [0.29, 0.717) is 39.1 Å². The third-order valence-electron chi connectivity index (χ3n) is 3.77. The molecule has 0 N–H and O–H groups in total. The van der Waals surface area contributed by atoms with Crippen molar-refractivity contribution < 1.29 is 23.8 Å². The van der Waals surface area contributed by atoms with Gasteiger partial charge in [0.25, 0.3) is 0 Å². The number of carbonyl (C=O) groups is 2. The van der Waals surface area contributed by atoms with Crippen molar-refractivity contribution in [1.29, 1.82) is 0 Å². The molecule has 6 heteroatoms. The monoisotopic (exact) mass is 351 g/mol. The van der Waals surface area contributed by atoms with Crippen molar-refractivity contribution in [3.05, 3.63) is 30.3 Å². The minimum atomic E-state index is -0.350. The van der Waals surface area contributed by atoms with Gasteiger partial charge in [-0.2, -0.15) is 0 Å². The summed E-state index contributed by atoms with van der Waals surface area (Å²) in [5, 5.41) is 0. The number of amides is 1. The van der Waals surface area contributed by atoms with Crippen LogP contribution in [0.5, 0.6) is 5.75 Å². The Hall–Kier alpha value is -2.08. The normalized spacial score (nSPS) is 11.6. The number of methoxy groups -OCH3 is 2. The van der Waals surface area contributed by atoms with Gasteiger partial charge in [0, 0.05) is 33.2 Å². The molecule has 1 amide bonds. The van der Waals surface area contributed by atoms with Gasteiger partial charge in [-0.1, -0.05) is 25.1 Å². The summed E-state index contributed by atoms with van der Waals surface area (Å²) in [5.41, 5.74) is 0. The van der Waals surface area contributed by atoms with Gasteiger partial charge < -0.3 is 19.1 Å². The van der Waals surface area contributed by atoms with Gasteiger partial charge in [-0.25, -0.2) is 0 Å². The van der Waals surface area contributed by atoms with Crippen LogP contribution in [0.1, 0.15) is 26.2 Å². The van der Waals surface area contributed by atoms with Crippen molar-refractivity contribution in [2.24, 2.45) is 5.92 Å². The third-order valence-corrected chi connectivity index (χ3v) is 3.77. The van der Waals surface area contributed by atoms with Gasteiger partial charge in [0.1, 0.15) is 5.75 Å². The van der Waals surface area contributed by atoms with Gasteiger partial charge in [0.15, 0.2) is 0 Å². The molecule has 0 saturated heterocycles. The minimum absolute atomic E-state index is 0.0171. The van der Waals surface area contributed by atoms with E-state index in [4.69, 9.17) is 14.2 Å². The van der Waals surface area contributed by atoms with Crippen molar-refractivity contribution in [2.75, 3.05) is 40.5 Å². The summed E-state index contributed by atoms with van der Waals surface area (Å²) in [6.07, 6.45) is 1.74. The van der Waals surface area contributed by atoms with Crippen LogP contribution in [-0.2, 0) is 19.1 Å². The maximum Gasteiger partial charge on any atom is 0.310 e. The molecule has 0 aromatic heterocycles. The number of para-hydroxylation sites is 1. The number of carbonyl (C=O) groups excluding carboxylic acids is 2. The summed E-state index contributed by atoms with van der Waals surface area (Å²) in [6, 6.07) is 9.52. The lowest BCUT2D eigenvalue weighted by Crippen LogP contribution is -2.38. The molecular formula is C19H29NO5. The molecule has 1 atom stereocenters. The van der Waals surface area contributed by atoms with Gasteiger partial charge in [-0.05, 0) is 25.0 Å². The number of benzene rings is 1. The molecule has 0 heterocycles. The fraction of sp³-hybridized carbons (Fsp3) is 0.579. The second-order valence-electron chi connectivity index (χ2n) is 5.88. The molecule has 25 heavy (non-hydrogen) atoms. The van der Waals surface area contributed by atoms with E-state index >= 15 is 0 Å². The van der Waals surface area contributed by atoms with Crippen LogP contribution in [-0.4, -0.2) is 57.3 Å². The first-order chi connectivity index (χ1) is 12.1. The Morgan fingerprint density at radius 3 is 2.44 bits per heavy atom. The van der Waals surface area contributed by atoms with Gasteiger partial charge >= 0.3 is 5.97 Å². The lowest BCUT2D eigenvalue weighted by Gasteiger charge is -2.25. The van der Waals surface area contributed by atoms with E-state index in [1.54, 1.807) is 18.9 Å². The molecule has 1 unspecified atom stereocenters. The lowest BCUT2D eigenvalue weighted by atomic mass is 10.1. The first-order valence-corrected chi connectivity index (χ1v) is 8.60. The van der Waals surface area contributed by atoms with E-state index in [0.717, 1.165) is 12.2 Å². The summed E-state index contributed by atoms with van der Waals surface area (Å²) >= 11 is 0. The zero-order valence-electron chi connectivity index (χ0n) is 15.4. The zero-order valence-corrected chi connectivity index (χ0v) is 15.4. The minimum Gasteiger partial charge on any atom is -0.494 e. The molecule has 140 valence electrons. The summed E-state index contributed by atoms with van der Waals surface area (Å²) in [4.78, 5) is 25.8. The molecule has 0 saturated carbocycles. The molecule has 0 radical (unpaired) electrons. The Labute approximate surface area is 150 Å². The quantitative estimate of drug-likeness (QED) is 0.428. The van der Waals surface area contributed by atoms with Crippen LogP contribution in [0.3, 0.4) is 0 Å². The number of hydrogen-bond acceptors (Lipinski definition) is 5. The average Bonchev–Trinajstić information content (AvgIpc) is 2.64. The Morgan fingerprint density at radius 2 is 1.80 bits per heavy atom. The highest BCUT2D eigenvalue weighted by molar-refractivity contribution is 5.78. The highest BCUT2D eigenvalue weighted by Crippen LogP contribution is 2.10. The summed E-state index contributed by atoms with van der Waals surface area (Å²) < 4.78 is 15.4. The fourth-order valence-corrected chi connectivity index (χ4v) is 2.41. The predicted molar refractivity (Wildman–Crippen MR) is 95.4 cm³/mol. The SMILES string of the molecule is COCCCN(CC(C)C(=O)OC)C(=O)CCCOc1ccccc1. The van der Waals surface area contributed by atoms with Crippen LogP contribution in [0.25, 0.3) is 0 Å². The predicted octanol–water partition coefficient (Wildman–Crippen LogP) is 2.52. The van der Waals surface area contributed by atoms with Crippen molar-refractivity contribution >= 4 is 11.9 Å². The van der Waals surface area contributed by atoms with Gasteiger partial charge in [0.05, 0.1) is 19.6 Å². The number of rotatable bonds is 12. The van der Waals surface area contributed by atoms with Gasteiger partial charge in [-0.3, -0.25) is 9.59 Å². The van der Waals surface area contributed by atoms with E-state index in [-0.39, 0.29) is 17.8 Å². The molecule has 0 aliphatic rings. The molecular weight excluding hydrogens is 322 g/mol. The van der Waals surface area contributed by atoms with Crippen molar-refractivity contribution in [1.82, 2.24) is 4.90 Å². The lowest BCUT2D eigenvalue weighted by molar-refractivity contribution is -0.146. The van der Waals surface area contributed by atoms with E-state index in [9.17, 15) is 9.59 Å². The van der Waals surface area contributed by atoms with Gasteiger partial charge in [-0.15, -0.1) is 0 Å². The molecule has 0 aliphatic heterocycles. The number of ether oxygens (including phenoxy) is 3. The largest absolute Gasteiger partial charge is 0.494 e. The highest BCUT2D eigenvalue weighted by Gasteiger charge is 2.21. The number of esters is 1. The number of nitrogens with zero attached hydrogens (tertiary/aromatic N) is 1. The molecule has 1 aromatic rings. The molecule has 0 fully saturated rings. The van der Waals surface area contributed by atoms with E-state index in [1.807, 2.05) is 30.3 Å². The standard InChI is InChI=1S/C19H29NO5/c1-16(19(22)24-3)15-20(12-8-13-23-2)18(21)11-7-14-25-17-9-5-4-6-10-17/h4-6,9-10,16H,7-8,11-15H2,1-3H3. The maximum atomic E-state index is 12.5. The topological polar surface area (TPSA) is 65.1 Å². The van der Waals surface area contributed by atoms with Crippen molar-refractivity contribution in [2.45, 2.75) is 26.2 Å². The fourth-order valence-electron chi connectivity index (χ4n) is 2.41. The zero-order chi connectivity index (χ0) is 18.5. The molecule has 1 rings (SSSR count). The summed E-state index contributed by atoms with van der Waals surface area (Å²) in [5.74, 6) is 0.156. The van der Waals surface area contributed by atoms with Crippen LogP contribution < -0.4 is 4.74 Å². The second kappa shape index (κ2) is 12.3. The Kier molecular flexibility index (Phi) is 10.3. The smallest absolute Gasteiger partial charge is 0.310 e. The maximum absolute atomic E-state index is 12.5. The highest BCUT2D eigenvalue weighted by atomic mass is 16.5. The van der Waals surface area contributed by atoms with E-state index in [1.165, 1.54) is 7.11 Å². The molecule has 6 nitrogen and oxygen atoms in total. The third kappa shape index (κ3) is 8.54. The van der Waals surface area contributed by atoms with Crippen molar-refractivity contribution in [3.63, 3.8) is 0 Å². The molecule has 1 aromatic carbocycles. The van der Waals surface area contributed by atoms with Gasteiger partial charge in [0.2, 0.25) is 5.91 Å². The van der Waals surface area contributed by atoms with Crippen LogP contribution in [0, 0.1) is 5.92 Å². The van der Waals surface area contributed by atoms with Crippen LogP contribution in [0.4, 0.5) is 0 Å². The summed E-state index contributed by atoms with van der Waals surface area (Å²) in [6.45, 7) is 3.74. The van der Waals surface area contributed by atoms with Crippen LogP contribution in [0.15, 0.2) is 30.3 Å². The Morgan fingerprint density at radius 1 is 1.08 bits per heavy atom. The van der Waals surface area contributed by atoms with Crippen LogP contribution >= 0.6 is 0 Å². The summed E-state index contributed by atoms with van der Waals surface area (Å²) in [7, 11) is 2.99. The van der Waals surface area contributed by atoms with E-state index in [2.05, 4.69) is 0 Å². The van der Waals surface area contributed by atoms with E-state index < -0.39 is 0 Å². The molecule has 0 spiro atoms. The Bertz CT molecular complexity index is 506. The molecule has 0 aliphatic carbocycles. The first-order valence-electron chi connectivity index (χ1n) is 8.60. The molecule has 0 bridgehead atoms. The van der Waals surface area contributed by atoms with Crippen molar-refractivity contribution in [3.8, 4) is 5.75 Å². The van der Waals surface area contributed by atoms with Crippen LogP contribution in [0.2, 0.25) is 0 Å². The average molecular weight is 351 g/mol. The first kappa shape index (κ1) is 21.0. The number of hydrogen-bond donors (Lipinski definition) is 0. The Balaban J connectivity index is 2.43. The second-order valence-corrected chi connectivity index (χ2v) is 5.88.